The van der Waals surface area contributed by atoms with Crippen LogP contribution in [0.4, 0.5) is 4.39 Å². The Kier molecular flexibility index (Phi) is 7.01. The number of nitrogens with one attached hydrogen (secondary N) is 1. The van der Waals surface area contributed by atoms with Crippen molar-refractivity contribution in [3.05, 3.63) is 35.2 Å². The molecule has 1 saturated heterocycles. The van der Waals surface area contributed by atoms with Crippen molar-refractivity contribution in [1.29, 1.82) is 0 Å². The minimum atomic E-state index is -0.585. The van der Waals surface area contributed by atoms with Crippen LogP contribution in [0.1, 0.15) is 52.4 Å². The van der Waals surface area contributed by atoms with E-state index >= 15 is 0 Å². The van der Waals surface area contributed by atoms with Crippen molar-refractivity contribution in [1.82, 2.24) is 5.32 Å². The Balaban J connectivity index is 2.27. The summed E-state index contributed by atoms with van der Waals surface area (Å²) < 4.78 is 14.6. The molecule has 1 unspecified atom stereocenters. The van der Waals surface area contributed by atoms with E-state index in [4.69, 9.17) is 17.3 Å². The smallest absolute Gasteiger partial charge is 0.144 e. The minimum absolute atomic E-state index is 0.0139. The maximum atomic E-state index is 14.6. The number of allylic oxidation sites excluding steroid dienone is 4. The van der Waals surface area contributed by atoms with Crippen LogP contribution in [-0.4, -0.2) is 24.4 Å². The molecule has 0 radical (unpaired) electrons. The van der Waals surface area contributed by atoms with Gasteiger partial charge in [-0.2, -0.15) is 0 Å². The quantitative estimate of drug-likeness (QED) is 0.540. The van der Waals surface area contributed by atoms with Crippen molar-refractivity contribution in [2.75, 3.05) is 0 Å². The number of carbonyl (C=O) groups is 1. The molecule has 0 amide bonds. The number of rotatable bonds is 6. The fourth-order valence-electron chi connectivity index (χ4n) is 4.48. The molecule has 0 aromatic carbocycles. The average molecular weight is 369 g/mol. The van der Waals surface area contributed by atoms with Gasteiger partial charge >= 0.3 is 0 Å². The molecule has 1 heterocycles. The van der Waals surface area contributed by atoms with Gasteiger partial charge in [0.2, 0.25) is 0 Å². The fraction of sp³-hybridized carbons (Fsp3) is 0.650. The Hall–Kier alpha value is -0.970. The summed E-state index contributed by atoms with van der Waals surface area (Å²) in [6.45, 7) is 7.58. The molecule has 2 fully saturated rings. The van der Waals surface area contributed by atoms with Crippen molar-refractivity contribution in [2.45, 2.75) is 70.5 Å². The number of halogens is 2. The van der Waals surface area contributed by atoms with Crippen LogP contribution in [0, 0.1) is 11.3 Å². The zero-order valence-corrected chi connectivity index (χ0v) is 16.0. The number of carbonyl (C=O) groups excluding carboxylic acids is 1. The van der Waals surface area contributed by atoms with Gasteiger partial charge in [-0.05, 0) is 37.2 Å². The summed E-state index contributed by atoms with van der Waals surface area (Å²) in [5.74, 6) is -1.03. The van der Waals surface area contributed by atoms with Gasteiger partial charge in [0, 0.05) is 18.0 Å². The predicted octanol–water partition coefficient (Wildman–Crippen LogP) is 4.38. The van der Waals surface area contributed by atoms with Gasteiger partial charge in [-0.15, -0.1) is 0 Å². The van der Waals surface area contributed by atoms with Crippen molar-refractivity contribution in [2.24, 2.45) is 17.1 Å². The van der Waals surface area contributed by atoms with Crippen LogP contribution in [0.2, 0.25) is 0 Å². The van der Waals surface area contributed by atoms with Crippen molar-refractivity contribution < 1.29 is 9.18 Å². The van der Waals surface area contributed by atoms with Gasteiger partial charge in [-0.1, -0.05) is 56.5 Å². The summed E-state index contributed by atoms with van der Waals surface area (Å²) in [5.41, 5.74) is 7.09. The third-order valence-corrected chi connectivity index (χ3v) is 5.96. The number of nitrogens with two attached hydrogens (primary N) is 1. The number of aldehydes is 1. The second-order valence-corrected chi connectivity index (χ2v) is 8.24. The summed E-state index contributed by atoms with van der Waals surface area (Å²) in [5, 5.41) is 3.19. The van der Waals surface area contributed by atoms with E-state index in [1.165, 1.54) is 32.1 Å². The first-order valence-electron chi connectivity index (χ1n) is 9.17. The minimum Gasteiger partial charge on any atom is -0.326 e. The molecule has 5 heteroatoms. The first kappa shape index (κ1) is 20.3. The molecule has 4 atom stereocenters. The van der Waals surface area contributed by atoms with Gasteiger partial charge in [0.15, 0.2) is 0 Å². The normalized spacial score (nSPS) is 33.3. The topological polar surface area (TPSA) is 55.1 Å². The highest BCUT2D eigenvalue weighted by atomic mass is 35.5. The molecule has 0 spiro atoms. The highest BCUT2D eigenvalue weighted by Crippen LogP contribution is 2.42. The summed E-state index contributed by atoms with van der Waals surface area (Å²) in [6, 6.07) is -0.873. The lowest BCUT2D eigenvalue weighted by Crippen LogP contribution is -2.43. The van der Waals surface area contributed by atoms with Gasteiger partial charge < -0.3 is 15.8 Å². The molecule has 2 rings (SSSR count). The summed E-state index contributed by atoms with van der Waals surface area (Å²) >= 11 is 5.78. The maximum absolute atomic E-state index is 14.6. The zero-order valence-electron chi connectivity index (χ0n) is 15.2. The second-order valence-electron chi connectivity index (χ2n) is 7.79. The van der Waals surface area contributed by atoms with Crippen LogP contribution in [0.5, 0.6) is 0 Å². The first-order valence-corrected chi connectivity index (χ1v) is 9.55. The van der Waals surface area contributed by atoms with E-state index < -0.39 is 17.8 Å². The van der Waals surface area contributed by atoms with E-state index in [0.717, 1.165) is 12.7 Å². The van der Waals surface area contributed by atoms with E-state index in [0.29, 0.717) is 5.57 Å². The average Bonchev–Trinajstić information content (AvgIpc) is 2.88. The lowest BCUT2D eigenvalue weighted by Gasteiger charge is -2.37. The predicted molar refractivity (Wildman–Crippen MR) is 102 cm³/mol. The van der Waals surface area contributed by atoms with Gasteiger partial charge in [-0.25, -0.2) is 4.39 Å². The largest absolute Gasteiger partial charge is 0.326 e. The van der Waals surface area contributed by atoms with Gasteiger partial charge in [0.1, 0.15) is 12.1 Å². The monoisotopic (exact) mass is 368 g/mol. The molecule has 1 saturated carbocycles. The lowest BCUT2D eigenvalue weighted by atomic mass is 9.70. The first-order chi connectivity index (χ1) is 11.8. The van der Waals surface area contributed by atoms with Crippen LogP contribution in [-0.2, 0) is 4.79 Å². The van der Waals surface area contributed by atoms with Crippen molar-refractivity contribution in [3.8, 4) is 0 Å². The number of hydrogen-bond acceptors (Lipinski definition) is 3. The van der Waals surface area contributed by atoms with Crippen LogP contribution in [0.3, 0.4) is 0 Å². The summed E-state index contributed by atoms with van der Waals surface area (Å²) in [4.78, 5) is 11.6. The highest BCUT2D eigenvalue weighted by Gasteiger charge is 2.45. The standard InChI is InChI=1S/C20H30ClFN2O/c1-4-8-14(18(22)13(2)21)17-16(12-25)24-15(19(17)23)11-20(3)9-6-5-7-10-20/h4,8,12,15-17,19,24H,2,5-7,9-11,23H2,1,3H3/b8-4-,18-14-/t15-,16-,17-,19?/m0/s1. The third-order valence-electron chi connectivity index (χ3n) is 5.79. The van der Waals surface area contributed by atoms with Gasteiger partial charge in [0.25, 0.3) is 0 Å². The van der Waals surface area contributed by atoms with E-state index in [9.17, 15) is 9.18 Å². The maximum Gasteiger partial charge on any atom is 0.144 e. The summed E-state index contributed by atoms with van der Waals surface area (Å²) in [7, 11) is 0. The Labute approximate surface area is 155 Å². The fourth-order valence-corrected chi connectivity index (χ4v) is 4.59. The van der Waals surface area contributed by atoms with Crippen LogP contribution >= 0.6 is 11.6 Å². The van der Waals surface area contributed by atoms with Crippen LogP contribution < -0.4 is 11.1 Å². The Morgan fingerprint density at radius 1 is 1.40 bits per heavy atom. The van der Waals surface area contributed by atoms with E-state index in [2.05, 4.69) is 18.8 Å². The highest BCUT2D eigenvalue weighted by molar-refractivity contribution is 6.31. The molecule has 0 aromatic rings. The molecule has 0 bridgehead atoms. The molecule has 3 N–H and O–H groups in total. The molecular formula is C20H30ClFN2O. The second kappa shape index (κ2) is 8.61. The molecule has 3 nitrogen and oxygen atoms in total. The molecule has 2 aliphatic rings. The molecule has 1 aliphatic heterocycles. The van der Waals surface area contributed by atoms with E-state index in [1.807, 2.05) is 0 Å². The molecule has 1 aliphatic carbocycles. The van der Waals surface area contributed by atoms with Gasteiger partial charge in [0.05, 0.1) is 11.1 Å². The SMILES string of the molecule is C=C(Cl)/C(F)=C(\C=C/C)[C@@H]1C(N)[C@H](CC2(C)CCCCC2)N[C@H]1C=O. The van der Waals surface area contributed by atoms with Gasteiger partial charge in [-0.3, -0.25) is 0 Å². The summed E-state index contributed by atoms with van der Waals surface area (Å²) in [6.07, 6.45) is 11.2. The number of hydrogen-bond donors (Lipinski definition) is 2. The molecular weight excluding hydrogens is 339 g/mol. The zero-order chi connectivity index (χ0) is 18.6. The Bertz CT molecular complexity index is 566. The lowest BCUT2D eigenvalue weighted by molar-refractivity contribution is -0.109. The Morgan fingerprint density at radius 2 is 2.04 bits per heavy atom. The van der Waals surface area contributed by atoms with Crippen molar-refractivity contribution >= 4 is 17.9 Å². The molecule has 140 valence electrons. The molecule has 0 aromatic heterocycles. The van der Waals surface area contributed by atoms with Crippen molar-refractivity contribution in [3.63, 3.8) is 0 Å². The van der Waals surface area contributed by atoms with Crippen LogP contribution in [0.15, 0.2) is 35.2 Å². The van der Waals surface area contributed by atoms with Crippen LogP contribution in [0.25, 0.3) is 0 Å². The van der Waals surface area contributed by atoms with E-state index in [-0.39, 0.29) is 22.5 Å². The third kappa shape index (κ3) is 4.60. The van der Waals surface area contributed by atoms with E-state index in [1.54, 1.807) is 19.1 Å². The molecule has 25 heavy (non-hydrogen) atoms. The Morgan fingerprint density at radius 3 is 2.56 bits per heavy atom.